The van der Waals surface area contributed by atoms with Gasteiger partial charge in [-0.15, -0.1) is 0 Å². The topological polar surface area (TPSA) is 38.5 Å². The maximum absolute atomic E-state index is 6.15. The first kappa shape index (κ1) is 15.9. The fourth-order valence-corrected chi connectivity index (χ4v) is 3.28. The van der Waals surface area contributed by atoms with E-state index in [0.29, 0.717) is 12.1 Å². The van der Waals surface area contributed by atoms with Crippen molar-refractivity contribution in [2.75, 3.05) is 20.2 Å². The molecule has 1 aliphatic rings. The molecule has 0 aromatic carbocycles. The van der Waals surface area contributed by atoms with E-state index >= 15 is 0 Å². The van der Waals surface area contributed by atoms with Crippen LogP contribution in [0.15, 0.2) is 0 Å². The standard InChI is InChI=1S/C15H32N2O/c1-6-12(3)10-15(7-2,11-16)17(5)14-8-9-18-13(14)4/h12-14H,6-11,16H2,1-5H3. The molecule has 18 heavy (non-hydrogen) atoms. The molecule has 1 aliphatic heterocycles. The van der Waals surface area contributed by atoms with Crippen LogP contribution in [0.1, 0.15) is 53.4 Å². The monoisotopic (exact) mass is 256 g/mol. The zero-order valence-corrected chi connectivity index (χ0v) is 12.9. The molecule has 0 saturated carbocycles. The van der Waals surface area contributed by atoms with Crippen molar-refractivity contribution >= 4 is 0 Å². The van der Waals surface area contributed by atoms with Gasteiger partial charge in [0.15, 0.2) is 0 Å². The van der Waals surface area contributed by atoms with E-state index in [4.69, 9.17) is 10.5 Å². The van der Waals surface area contributed by atoms with Crippen molar-refractivity contribution in [3.63, 3.8) is 0 Å². The molecule has 0 aliphatic carbocycles. The number of hydrogen-bond acceptors (Lipinski definition) is 3. The second kappa shape index (κ2) is 6.88. The molecule has 0 radical (unpaired) electrons. The Morgan fingerprint density at radius 3 is 2.50 bits per heavy atom. The molecule has 108 valence electrons. The number of ether oxygens (including phenoxy) is 1. The Hall–Kier alpha value is -0.120. The molecule has 4 atom stereocenters. The maximum atomic E-state index is 6.15. The van der Waals surface area contributed by atoms with Gasteiger partial charge in [0, 0.05) is 24.7 Å². The normalized spacial score (nSPS) is 29.5. The Morgan fingerprint density at radius 2 is 2.11 bits per heavy atom. The van der Waals surface area contributed by atoms with Crippen LogP contribution >= 0.6 is 0 Å². The van der Waals surface area contributed by atoms with Gasteiger partial charge in [-0.3, -0.25) is 4.90 Å². The summed E-state index contributed by atoms with van der Waals surface area (Å²) in [5, 5.41) is 0. The molecule has 0 aromatic rings. The predicted molar refractivity (Wildman–Crippen MR) is 77.7 cm³/mol. The fourth-order valence-electron chi connectivity index (χ4n) is 3.28. The highest BCUT2D eigenvalue weighted by molar-refractivity contribution is 4.96. The van der Waals surface area contributed by atoms with E-state index in [1.807, 2.05) is 0 Å². The molecule has 3 nitrogen and oxygen atoms in total. The molecule has 4 unspecified atom stereocenters. The lowest BCUT2D eigenvalue weighted by Crippen LogP contribution is -2.57. The van der Waals surface area contributed by atoms with Gasteiger partial charge >= 0.3 is 0 Å². The summed E-state index contributed by atoms with van der Waals surface area (Å²) in [6.45, 7) is 10.7. The highest BCUT2D eigenvalue weighted by Crippen LogP contribution is 2.32. The SMILES string of the molecule is CCC(C)CC(CC)(CN)N(C)C1CCOC1C. The number of nitrogens with zero attached hydrogens (tertiary/aromatic N) is 1. The Kier molecular flexibility index (Phi) is 6.09. The molecular formula is C15H32N2O. The van der Waals surface area contributed by atoms with Gasteiger partial charge in [-0.25, -0.2) is 0 Å². The highest BCUT2D eigenvalue weighted by Gasteiger charge is 2.40. The van der Waals surface area contributed by atoms with E-state index in [-0.39, 0.29) is 5.54 Å². The predicted octanol–water partition coefficient (Wildman–Crippen LogP) is 2.64. The van der Waals surface area contributed by atoms with Crippen LogP contribution in [0.25, 0.3) is 0 Å². The molecule has 1 rings (SSSR count). The number of rotatable bonds is 7. The second-order valence-electron chi connectivity index (χ2n) is 6.04. The minimum absolute atomic E-state index is 0.141. The molecule has 0 spiro atoms. The van der Waals surface area contributed by atoms with Crippen LogP contribution in [0.5, 0.6) is 0 Å². The van der Waals surface area contributed by atoms with E-state index in [1.54, 1.807) is 0 Å². The summed E-state index contributed by atoms with van der Waals surface area (Å²) in [6, 6.07) is 0.526. The smallest absolute Gasteiger partial charge is 0.0703 e. The first-order valence-electron chi connectivity index (χ1n) is 7.55. The van der Waals surface area contributed by atoms with Gasteiger partial charge in [0.1, 0.15) is 0 Å². The van der Waals surface area contributed by atoms with Crippen molar-refractivity contribution in [1.29, 1.82) is 0 Å². The molecule has 0 bridgehead atoms. The van der Waals surface area contributed by atoms with Crippen molar-refractivity contribution in [2.24, 2.45) is 11.7 Å². The summed E-state index contributed by atoms with van der Waals surface area (Å²) in [4.78, 5) is 2.52. The van der Waals surface area contributed by atoms with Crippen molar-refractivity contribution < 1.29 is 4.74 Å². The van der Waals surface area contributed by atoms with Crippen molar-refractivity contribution in [3.8, 4) is 0 Å². The van der Waals surface area contributed by atoms with Crippen molar-refractivity contribution in [1.82, 2.24) is 4.90 Å². The summed E-state index contributed by atoms with van der Waals surface area (Å²) in [7, 11) is 2.24. The number of likely N-dealkylation sites (N-methyl/N-ethyl adjacent to an activating group) is 1. The molecule has 1 saturated heterocycles. The van der Waals surface area contributed by atoms with Gasteiger partial charge in [-0.2, -0.15) is 0 Å². The number of nitrogens with two attached hydrogens (primary N) is 1. The van der Waals surface area contributed by atoms with Gasteiger partial charge < -0.3 is 10.5 Å². The lowest BCUT2D eigenvalue weighted by molar-refractivity contribution is 0.0142. The highest BCUT2D eigenvalue weighted by atomic mass is 16.5. The maximum Gasteiger partial charge on any atom is 0.0703 e. The Bertz CT molecular complexity index is 241. The van der Waals surface area contributed by atoms with Gasteiger partial charge in [-0.1, -0.05) is 27.2 Å². The number of hydrogen-bond donors (Lipinski definition) is 1. The van der Waals surface area contributed by atoms with E-state index in [0.717, 1.165) is 31.9 Å². The molecule has 2 N–H and O–H groups in total. The summed E-state index contributed by atoms with van der Waals surface area (Å²) in [5.41, 5.74) is 6.29. The third-order valence-electron chi connectivity index (χ3n) is 5.05. The third-order valence-corrected chi connectivity index (χ3v) is 5.05. The summed E-state index contributed by atoms with van der Waals surface area (Å²) in [5.74, 6) is 0.730. The van der Waals surface area contributed by atoms with Crippen LogP contribution in [0.2, 0.25) is 0 Å². The van der Waals surface area contributed by atoms with Gasteiger partial charge in [0.2, 0.25) is 0 Å². The summed E-state index contributed by atoms with van der Waals surface area (Å²) >= 11 is 0. The Balaban J connectivity index is 2.81. The Morgan fingerprint density at radius 1 is 1.44 bits per heavy atom. The fraction of sp³-hybridized carbons (Fsp3) is 1.00. The summed E-state index contributed by atoms with van der Waals surface area (Å²) < 4.78 is 5.72. The van der Waals surface area contributed by atoms with E-state index in [9.17, 15) is 0 Å². The van der Waals surface area contributed by atoms with E-state index in [1.165, 1.54) is 12.8 Å². The van der Waals surface area contributed by atoms with Crippen LogP contribution in [0.4, 0.5) is 0 Å². The third kappa shape index (κ3) is 3.25. The van der Waals surface area contributed by atoms with Crippen LogP contribution < -0.4 is 5.73 Å². The molecule has 0 amide bonds. The molecule has 1 fully saturated rings. The average molecular weight is 256 g/mol. The van der Waals surface area contributed by atoms with Gasteiger partial charge in [-0.05, 0) is 39.2 Å². The average Bonchev–Trinajstić information content (AvgIpc) is 2.81. The zero-order valence-electron chi connectivity index (χ0n) is 12.9. The van der Waals surface area contributed by atoms with E-state index in [2.05, 4.69) is 39.6 Å². The van der Waals surface area contributed by atoms with Crippen molar-refractivity contribution in [3.05, 3.63) is 0 Å². The minimum atomic E-state index is 0.141. The second-order valence-corrected chi connectivity index (χ2v) is 6.04. The largest absolute Gasteiger partial charge is 0.377 e. The van der Waals surface area contributed by atoms with Crippen LogP contribution in [0.3, 0.4) is 0 Å². The van der Waals surface area contributed by atoms with Crippen molar-refractivity contribution in [2.45, 2.75) is 71.1 Å². The lowest BCUT2D eigenvalue weighted by Gasteiger charge is -2.46. The minimum Gasteiger partial charge on any atom is -0.377 e. The quantitative estimate of drug-likeness (QED) is 0.761. The first-order chi connectivity index (χ1) is 8.50. The van der Waals surface area contributed by atoms with Crippen LogP contribution in [0, 0.1) is 5.92 Å². The van der Waals surface area contributed by atoms with E-state index < -0.39 is 0 Å². The van der Waals surface area contributed by atoms with Gasteiger partial charge in [0.05, 0.1) is 6.10 Å². The van der Waals surface area contributed by atoms with Gasteiger partial charge in [0.25, 0.3) is 0 Å². The van der Waals surface area contributed by atoms with Crippen LogP contribution in [-0.2, 0) is 4.74 Å². The molecule has 1 heterocycles. The molecular weight excluding hydrogens is 224 g/mol. The zero-order chi connectivity index (χ0) is 13.8. The molecule has 0 aromatic heterocycles. The lowest BCUT2D eigenvalue weighted by atomic mass is 9.82. The molecule has 3 heteroatoms. The van der Waals surface area contributed by atoms with Crippen LogP contribution in [-0.4, -0.2) is 42.8 Å². The summed E-state index contributed by atoms with van der Waals surface area (Å²) in [6.07, 6.45) is 5.01. The Labute approximate surface area is 113 Å². The first-order valence-corrected chi connectivity index (χ1v) is 7.55.